The number of hydrogen-bond donors (Lipinski definition) is 2. The zero-order chi connectivity index (χ0) is 24.8. The van der Waals surface area contributed by atoms with Crippen LogP contribution in [0, 0.1) is 22.9 Å². The summed E-state index contributed by atoms with van der Waals surface area (Å²) < 4.78 is 19.4. The van der Waals surface area contributed by atoms with E-state index in [0.717, 1.165) is 37.0 Å². The molecule has 8 nitrogen and oxygen atoms in total. The summed E-state index contributed by atoms with van der Waals surface area (Å²) in [4.78, 5) is 34.9. The number of aromatic amines is 1. The molecule has 3 aliphatic rings. The summed E-state index contributed by atoms with van der Waals surface area (Å²) in [6.07, 6.45) is 7.41. The van der Waals surface area contributed by atoms with Crippen LogP contribution in [0.1, 0.15) is 32.6 Å². The van der Waals surface area contributed by atoms with E-state index in [4.69, 9.17) is 26.3 Å². The lowest BCUT2D eigenvalue weighted by Crippen LogP contribution is -2.52. The number of fused-ring (bicyclic) bond motifs is 4. The monoisotopic (exact) mass is 526 g/mol. The van der Waals surface area contributed by atoms with Crippen LogP contribution >= 0.6 is 22.9 Å². The van der Waals surface area contributed by atoms with Crippen molar-refractivity contribution in [2.45, 2.75) is 38.6 Å². The maximum Gasteiger partial charge on any atom is 0.311 e. The summed E-state index contributed by atoms with van der Waals surface area (Å²) in [7, 11) is 0. The molecule has 186 valence electrons. The molecule has 11 heteroatoms. The Bertz CT molecular complexity index is 1430. The Morgan fingerprint density at radius 3 is 2.78 bits per heavy atom. The average molecular weight is 527 g/mol. The van der Waals surface area contributed by atoms with Gasteiger partial charge in [-0.25, -0.2) is 19.9 Å². The van der Waals surface area contributed by atoms with Crippen molar-refractivity contribution in [3.05, 3.63) is 40.9 Å². The van der Waals surface area contributed by atoms with Gasteiger partial charge in [0.05, 0.1) is 34.9 Å². The van der Waals surface area contributed by atoms with E-state index in [1.165, 1.54) is 12.3 Å². The number of nitrogens with zero attached hydrogens (tertiary/aromatic N) is 4. The molecule has 4 aromatic rings. The van der Waals surface area contributed by atoms with Gasteiger partial charge in [0.25, 0.3) is 0 Å². The quantitative estimate of drug-likeness (QED) is 0.310. The Balaban J connectivity index is 1.43. The fraction of sp³-hybridized carbons (Fsp3) is 0.400. The molecule has 7 rings (SSSR count). The number of hydrogen-bond acceptors (Lipinski definition) is 8. The highest BCUT2D eigenvalue weighted by Gasteiger charge is 2.48. The van der Waals surface area contributed by atoms with Crippen molar-refractivity contribution in [1.82, 2.24) is 24.9 Å². The summed E-state index contributed by atoms with van der Waals surface area (Å²) in [5.41, 5.74) is 2.32. The fourth-order valence-corrected chi connectivity index (χ4v) is 6.49. The number of rotatable bonds is 6. The van der Waals surface area contributed by atoms with Gasteiger partial charge >= 0.3 is 5.97 Å². The molecule has 4 heterocycles. The summed E-state index contributed by atoms with van der Waals surface area (Å²) >= 11 is 7.12. The van der Waals surface area contributed by atoms with Crippen LogP contribution in [0.5, 0.6) is 0 Å². The van der Waals surface area contributed by atoms with Crippen molar-refractivity contribution in [3.63, 3.8) is 0 Å². The molecule has 0 aliphatic heterocycles. The van der Waals surface area contributed by atoms with Crippen molar-refractivity contribution < 1.29 is 13.9 Å². The number of aromatic nitrogens is 5. The van der Waals surface area contributed by atoms with E-state index < -0.39 is 0 Å². The van der Waals surface area contributed by atoms with Gasteiger partial charge in [-0.3, -0.25) is 4.79 Å². The lowest BCUT2D eigenvalue weighted by Gasteiger charge is -2.47. The first-order chi connectivity index (χ1) is 17.5. The van der Waals surface area contributed by atoms with Crippen LogP contribution in [0.15, 0.2) is 30.6 Å². The second kappa shape index (κ2) is 9.40. The topological polar surface area (TPSA) is 106 Å². The van der Waals surface area contributed by atoms with E-state index in [1.807, 2.05) is 13.0 Å². The van der Waals surface area contributed by atoms with E-state index in [2.05, 4.69) is 20.3 Å². The average Bonchev–Trinajstić information content (AvgIpc) is 3.50. The Kier molecular flexibility index (Phi) is 6.08. The van der Waals surface area contributed by atoms with Crippen LogP contribution in [0.2, 0.25) is 5.15 Å². The standard InChI is InChI=1S/C25H24ClFN6O2S/c1-2-35-25(34)20-12-3-5-13(6-4-12)21(20)32-19-9-15(16-7-8-18(27)36-16)30-23(33-19)14-10-28-24-22(14)31-17(26)11-29-24/h7-13,20-21H,2-6H2,1H3,(H,28,29)(H,30,32,33)/t12?,13?,20-,21-/m0/s1. The van der Waals surface area contributed by atoms with Gasteiger partial charge in [0.2, 0.25) is 0 Å². The molecule has 3 aliphatic carbocycles. The third kappa shape index (κ3) is 4.22. The zero-order valence-electron chi connectivity index (χ0n) is 19.5. The SMILES string of the molecule is CCOC(=O)[C@H]1C2CCC(CC2)[C@@H]1Nc1cc(-c2ccc(F)s2)nc(-c2c[nH]c3ncc(Cl)nc23)n1. The Morgan fingerprint density at radius 1 is 1.22 bits per heavy atom. The molecular formula is C25H24ClFN6O2S. The number of carbonyl (C=O) groups is 1. The van der Waals surface area contributed by atoms with Crippen molar-refractivity contribution in [2.75, 3.05) is 11.9 Å². The van der Waals surface area contributed by atoms with Gasteiger partial charge in [-0.05, 0) is 56.6 Å². The maximum absolute atomic E-state index is 13.9. The molecule has 0 unspecified atom stereocenters. The van der Waals surface area contributed by atoms with Crippen LogP contribution in [0.25, 0.3) is 33.1 Å². The van der Waals surface area contributed by atoms with Crippen molar-refractivity contribution in [3.8, 4) is 22.0 Å². The van der Waals surface area contributed by atoms with E-state index >= 15 is 0 Å². The number of nitrogens with one attached hydrogen (secondary N) is 2. The number of esters is 1. The lowest BCUT2D eigenvalue weighted by molar-refractivity contribution is -0.154. The minimum absolute atomic E-state index is 0.0931. The second-order valence-corrected chi connectivity index (χ2v) is 10.7. The number of carbonyl (C=O) groups excluding carboxylic acids is 1. The maximum atomic E-state index is 13.9. The van der Waals surface area contributed by atoms with Gasteiger partial charge in [-0.1, -0.05) is 11.6 Å². The minimum atomic E-state index is -0.295. The van der Waals surface area contributed by atoms with Gasteiger partial charge in [0.15, 0.2) is 16.6 Å². The van der Waals surface area contributed by atoms with E-state index in [0.29, 0.717) is 57.4 Å². The summed E-state index contributed by atoms with van der Waals surface area (Å²) in [5.74, 6) is 1.24. The molecule has 2 N–H and O–H groups in total. The van der Waals surface area contributed by atoms with Crippen LogP contribution in [0.4, 0.5) is 10.2 Å². The predicted molar refractivity (Wildman–Crippen MR) is 136 cm³/mol. The van der Waals surface area contributed by atoms with Crippen LogP contribution < -0.4 is 5.32 Å². The first-order valence-corrected chi connectivity index (χ1v) is 13.3. The number of halogens is 2. The van der Waals surface area contributed by atoms with E-state index in [-0.39, 0.29) is 28.2 Å². The Morgan fingerprint density at radius 2 is 2.03 bits per heavy atom. The normalized spacial score (nSPS) is 23.2. The molecule has 0 spiro atoms. The Hall–Kier alpha value is -3.11. The predicted octanol–water partition coefficient (Wildman–Crippen LogP) is 5.72. The van der Waals surface area contributed by atoms with Gasteiger partial charge in [-0.2, -0.15) is 4.39 Å². The molecule has 0 radical (unpaired) electrons. The number of H-pyrrole nitrogens is 1. The highest BCUT2D eigenvalue weighted by molar-refractivity contribution is 7.13. The molecule has 3 saturated carbocycles. The van der Waals surface area contributed by atoms with Crippen LogP contribution in [0.3, 0.4) is 0 Å². The van der Waals surface area contributed by atoms with E-state index in [1.54, 1.807) is 12.3 Å². The largest absolute Gasteiger partial charge is 0.466 e. The molecule has 0 saturated heterocycles. The number of anilines is 1. The van der Waals surface area contributed by atoms with Crippen molar-refractivity contribution in [2.24, 2.45) is 17.8 Å². The number of ether oxygens (including phenoxy) is 1. The third-order valence-corrected chi connectivity index (χ3v) is 8.31. The van der Waals surface area contributed by atoms with Gasteiger partial charge < -0.3 is 15.0 Å². The molecule has 3 fully saturated rings. The highest BCUT2D eigenvalue weighted by atomic mass is 35.5. The summed E-state index contributed by atoms with van der Waals surface area (Å²) in [6, 6.07) is 4.84. The first kappa shape index (κ1) is 23.3. The first-order valence-electron chi connectivity index (χ1n) is 12.1. The highest BCUT2D eigenvalue weighted by Crippen LogP contribution is 2.47. The molecule has 2 atom stereocenters. The van der Waals surface area contributed by atoms with Gasteiger partial charge in [0, 0.05) is 18.3 Å². The minimum Gasteiger partial charge on any atom is -0.466 e. The smallest absolute Gasteiger partial charge is 0.311 e. The van der Waals surface area contributed by atoms with Crippen molar-refractivity contribution >= 4 is 45.9 Å². The van der Waals surface area contributed by atoms with E-state index in [9.17, 15) is 9.18 Å². The van der Waals surface area contributed by atoms with Crippen molar-refractivity contribution in [1.29, 1.82) is 0 Å². The third-order valence-electron chi connectivity index (χ3n) is 7.24. The summed E-state index contributed by atoms with van der Waals surface area (Å²) in [5, 5.41) is 3.53. The molecule has 4 aromatic heterocycles. The molecule has 2 bridgehead atoms. The van der Waals surface area contributed by atoms with Gasteiger partial charge in [0.1, 0.15) is 16.5 Å². The fourth-order valence-electron chi connectivity index (χ4n) is 5.67. The van der Waals surface area contributed by atoms with Crippen LogP contribution in [-0.2, 0) is 9.53 Å². The molecular weight excluding hydrogens is 503 g/mol. The van der Waals surface area contributed by atoms with Crippen LogP contribution in [-0.4, -0.2) is 43.5 Å². The summed E-state index contributed by atoms with van der Waals surface area (Å²) in [6.45, 7) is 2.19. The van der Waals surface area contributed by atoms with Gasteiger partial charge in [-0.15, -0.1) is 11.3 Å². The second-order valence-electron chi connectivity index (χ2n) is 9.28. The Labute approximate surface area is 215 Å². The molecule has 0 amide bonds. The zero-order valence-corrected chi connectivity index (χ0v) is 21.1. The lowest BCUT2D eigenvalue weighted by atomic mass is 9.61. The molecule has 36 heavy (non-hydrogen) atoms. The molecule has 0 aromatic carbocycles. The number of thiophene rings is 1.